The van der Waals surface area contributed by atoms with Crippen molar-refractivity contribution in [1.82, 2.24) is 14.4 Å². The maximum atomic E-state index is 12.8. The van der Waals surface area contributed by atoms with Crippen LogP contribution in [0.25, 0.3) is 11.0 Å². The van der Waals surface area contributed by atoms with Gasteiger partial charge in [0.2, 0.25) is 15.9 Å². The van der Waals surface area contributed by atoms with Crippen LogP contribution in [0.5, 0.6) is 5.88 Å². The highest BCUT2D eigenvalue weighted by molar-refractivity contribution is 7.88. The van der Waals surface area contributed by atoms with Crippen LogP contribution in [-0.2, 0) is 15.8 Å². The summed E-state index contributed by atoms with van der Waals surface area (Å²) in [6.07, 6.45) is 2.16. The molecule has 0 N–H and O–H groups in total. The van der Waals surface area contributed by atoms with Crippen LogP contribution in [0, 0.1) is 6.92 Å². The largest absolute Gasteiger partial charge is 0.473 e. The molecule has 1 saturated heterocycles. The van der Waals surface area contributed by atoms with Gasteiger partial charge < -0.3 is 9.26 Å². The van der Waals surface area contributed by atoms with Crippen molar-refractivity contribution in [3.05, 3.63) is 53.9 Å². The summed E-state index contributed by atoms with van der Waals surface area (Å²) in [4.78, 5) is 4.21. The quantitative estimate of drug-likeness (QED) is 0.683. The van der Waals surface area contributed by atoms with E-state index in [1.165, 1.54) is 4.31 Å². The van der Waals surface area contributed by atoms with E-state index in [1.54, 1.807) is 18.3 Å². The topological polar surface area (TPSA) is 85.5 Å². The minimum absolute atomic E-state index is 0.181. The van der Waals surface area contributed by atoms with Crippen LogP contribution in [0.15, 0.2) is 47.1 Å². The zero-order chi connectivity index (χ0) is 18.1. The first-order chi connectivity index (χ1) is 12.5. The molecule has 3 aromatic rings. The van der Waals surface area contributed by atoms with E-state index in [9.17, 15) is 8.42 Å². The molecule has 1 atom stereocenters. The summed E-state index contributed by atoms with van der Waals surface area (Å²) in [5.74, 6) is 0.335. The zero-order valence-corrected chi connectivity index (χ0v) is 15.1. The van der Waals surface area contributed by atoms with Gasteiger partial charge in [0, 0.05) is 24.2 Å². The number of fused-ring (bicyclic) bond motifs is 1. The number of hydrogen-bond acceptors (Lipinski definition) is 6. The van der Waals surface area contributed by atoms with Gasteiger partial charge in [-0.3, -0.25) is 0 Å². The maximum absolute atomic E-state index is 12.8. The van der Waals surface area contributed by atoms with Crippen molar-refractivity contribution < 1.29 is 17.7 Å². The number of ether oxygens (including phenoxy) is 1. The molecule has 8 heteroatoms. The molecule has 26 heavy (non-hydrogen) atoms. The van der Waals surface area contributed by atoms with Crippen LogP contribution in [0.4, 0.5) is 0 Å². The molecular weight excluding hydrogens is 354 g/mol. The third kappa shape index (κ3) is 3.42. The van der Waals surface area contributed by atoms with Crippen molar-refractivity contribution in [1.29, 1.82) is 0 Å². The fourth-order valence-electron chi connectivity index (χ4n) is 3.05. The summed E-state index contributed by atoms with van der Waals surface area (Å²) in [6, 6.07) is 11.0. The van der Waals surface area contributed by atoms with E-state index in [0.717, 1.165) is 10.9 Å². The standard InChI is InChI=1S/C18H19N3O4S/c1-13-6-7-18(19-10-13)24-14-8-9-21(11-14)26(22,23)12-16-15-4-2-3-5-17(15)25-20-16/h2-7,10,14H,8-9,11-12H2,1H3. The number of pyridine rings is 1. The summed E-state index contributed by atoms with van der Waals surface area (Å²) >= 11 is 0. The van der Waals surface area contributed by atoms with Gasteiger partial charge in [0.1, 0.15) is 17.6 Å². The van der Waals surface area contributed by atoms with E-state index in [2.05, 4.69) is 10.1 Å². The van der Waals surface area contributed by atoms with Crippen molar-refractivity contribution in [2.45, 2.75) is 25.2 Å². The molecule has 4 rings (SSSR count). The average Bonchev–Trinajstić information content (AvgIpc) is 3.25. The normalized spacial score (nSPS) is 18.4. The Kier molecular flexibility index (Phi) is 4.37. The lowest BCUT2D eigenvalue weighted by atomic mass is 10.2. The Bertz CT molecular complexity index is 1010. The molecule has 1 unspecified atom stereocenters. The second kappa shape index (κ2) is 6.69. The van der Waals surface area contributed by atoms with Crippen molar-refractivity contribution >= 4 is 21.0 Å². The minimum atomic E-state index is -3.50. The molecule has 136 valence electrons. The summed E-state index contributed by atoms with van der Waals surface area (Å²) in [7, 11) is -3.50. The molecule has 0 saturated carbocycles. The smallest absolute Gasteiger partial charge is 0.220 e. The van der Waals surface area contributed by atoms with Crippen LogP contribution in [0.2, 0.25) is 0 Å². The summed E-state index contributed by atoms with van der Waals surface area (Å²) in [6.45, 7) is 2.69. The van der Waals surface area contributed by atoms with Gasteiger partial charge in [0.25, 0.3) is 0 Å². The van der Waals surface area contributed by atoms with Gasteiger partial charge in [0.05, 0.1) is 6.54 Å². The van der Waals surface area contributed by atoms with E-state index >= 15 is 0 Å². The highest BCUT2D eigenvalue weighted by Crippen LogP contribution is 2.24. The molecule has 0 amide bonds. The van der Waals surface area contributed by atoms with Crippen molar-refractivity contribution in [3.63, 3.8) is 0 Å². The first-order valence-electron chi connectivity index (χ1n) is 8.42. The Labute approximate surface area is 151 Å². The Morgan fingerprint density at radius 3 is 2.92 bits per heavy atom. The van der Waals surface area contributed by atoms with Crippen LogP contribution >= 0.6 is 0 Å². The molecule has 1 aromatic carbocycles. The molecule has 0 radical (unpaired) electrons. The maximum Gasteiger partial charge on any atom is 0.220 e. The number of sulfonamides is 1. The van der Waals surface area contributed by atoms with E-state index in [-0.39, 0.29) is 11.9 Å². The SMILES string of the molecule is Cc1ccc(OC2CCN(S(=O)(=O)Cc3noc4ccccc34)C2)nc1. The molecule has 2 aromatic heterocycles. The van der Waals surface area contributed by atoms with Gasteiger partial charge in [-0.05, 0) is 31.0 Å². The van der Waals surface area contributed by atoms with Gasteiger partial charge in [0.15, 0.2) is 5.58 Å². The van der Waals surface area contributed by atoms with Gasteiger partial charge in [-0.2, -0.15) is 4.31 Å². The Morgan fingerprint density at radius 1 is 1.27 bits per heavy atom. The molecule has 1 aliphatic heterocycles. The summed E-state index contributed by atoms with van der Waals surface area (Å²) in [5, 5.41) is 4.65. The molecule has 7 nitrogen and oxygen atoms in total. The van der Waals surface area contributed by atoms with Crippen molar-refractivity contribution in [3.8, 4) is 5.88 Å². The number of rotatable bonds is 5. The lowest BCUT2D eigenvalue weighted by Gasteiger charge is -2.16. The predicted molar refractivity (Wildman–Crippen MR) is 96.2 cm³/mol. The third-order valence-electron chi connectivity index (χ3n) is 4.44. The van der Waals surface area contributed by atoms with E-state index in [1.807, 2.05) is 31.2 Å². The molecule has 3 heterocycles. The van der Waals surface area contributed by atoms with E-state index < -0.39 is 10.0 Å². The lowest BCUT2D eigenvalue weighted by molar-refractivity contribution is 0.207. The van der Waals surface area contributed by atoms with Crippen LogP contribution in [0.1, 0.15) is 17.7 Å². The van der Waals surface area contributed by atoms with Crippen LogP contribution in [-0.4, -0.2) is 42.1 Å². The number of para-hydroxylation sites is 1. The summed E-state index contributed by atoms with van der Waals surface area (Å²) in [5.41, 5.74) is 2.07. The number of aryl methyl sites for hydroxylation is 1. The van der Waals surface area contributed by atoms with E-state index in [4.69, 9.17) is 9.26 Å². The average molecular weight is 373 g/mol. The molecule has 0 spiro atoms. The zero-order valence-electron chi connectivity index (χ0n) is 14.3. The van der Waals surface area contributed by atoms with Crippen molar-refractivity contribution in [2.24, 2.45) is 0 Å². The number of hydrogen-bond donors (Lipinski definition) is 0. The first-order valence-corrected chi connectivity index (χ1v) is 10.0. The summed E-state index contributed by atoms with van der Waals surface area (Å²) < 4.78 is 38.0. The number of aromatic nitrogens is 2. The number of nitrogens with zero attached hydrogens (tertiary/aromatic N) is 3. The lowest BCUT2D eigenvalue weighted by Crippen LogP contribution is -2.32. The Morgan fingerprint density at radius 2 is 2.12 bits per heavy atom. The molecule has 0 aliphatic carbocycles. The molecule has 1 aliphatic rings. The molecule has 0 bridgehead atoms. The third-order valence-corrected chi connectivity index (χ3v) is 6.20. The monoisotopic (exact) mass is 373 g/mol. The highest BCUT2D eigenvalue weighted by Gasteiger charge is 2.33. The second-order valence-corrected chi connectivity index (χ2v) is 8.41. The van der Waals surface area contributed by atoms with Crippen LogP contribution < -0.4 is 4.74 Å². The molecule has 1 fully saturated rings. The minimum Gasteiger partial charge on any atom is -0.473 e. The van der Waals surface area contributed by atoms with Gasteiger partial charge in [-0.1, -0.05) is 23.4 Å². The number of benzene rings is 1. The van der Waals surface area contributed by atoms with Crippen molar-refractivity contribution in [2.75, 3.05) is 13.1 Å². The second-order valence-electron chi connectivity index (χ2n) is 6.44. The Balaban J connectivity index is 1.44. The van der Waals surface area contributed by atoms with Crippen LogP contribution in [0.3, 0.4) is 0 Å². The van der Waals surface area contributed by atoms with Gasteiger partial charge in [-0.15, -0.1) is 0 Å². The molecular formula is C18H19N3O4S. The van der Waals surface area contributed by atoms with Gasteiger partial charge in [-0.25, -0.2) is 13.4 Å². The Hall–Kier alpha value is -2.45. The first kappa shape index (κ1) is 17.0. The fraction of sp³-hybridized carbons (Fsp3) is 0.333. The fourth-order valence-corrected chi connectivity index (χ4v) is 4.56. The van der Waals surface area contributed by atoms with Gasteiger partial charge >= 0.3 is 0 Å². The highest BCUT2D eigenvalue weighted by atomic mass is 32.2. The van der Waals surface area contributed by atoms with E-state index in [0.29, 0.717) is 36.7 Å². The predicted octanol–water partition coefficient (Wildman–Crippen LogP) is 2.51.